The Morgan fingerprint density at radius 1 is 1.18 bits per heavy atom. The van der Waals surface area contributed by atoms with Crippen molar-refractivity contribution in [2.45, 2.75) is 39.2 Å². The molecule has 34 heavy (non-hydrogen) atoms. The van der Waals surface area contributed by atoms with Crippen LogP contribution in [0.5, 0.6) is 0 Å². The molecule has 2 aromatic carbocycles. The lowest BCUT2D eigenvalue weighted by Gasteiger charge is -2.22. The number of benzene rings is 2. The Kier molecular flexibility index (Phi) is 5.96. The average Bonchev–Trinajstić information content (AvgIpc) is 3.46. The number of carbonyl (C=O) groups is 1. The highest BCUT2D eigenvalue weighted by Crippen LogP contribution is 2.34. The minimum absolute atomic E-state index is 0.0306. The molecule has 2 aromatic heterocycles. The van der Waals surface area contributed by atoms with Crippen LogP contribution in [-0.2, 0) is 11.2 Å². The van der Waals surface area contributed by atoms with Gasteiger partial charge in [-0.1, -0.05) is 19.1 Å². The number of nitrogens with one attached hydrogen (secondary N) is 1. The third-order valence-electron chi connectivity index (χ3n) is 6.91. The molecule has 3 heterocycles. The third-order valence-corrected chi connectivity index (χ3v) is 6.91. The van der Waals surface area contributed by atoms with Crippen molar-refractivity contribution in [3.8, 4) is 11.1 Å². The van der Waals surface area contributed by atoms with Gasteiger partial charge in [0.25, 0.3) is 0 Å². The number of nitrogens with zero attached hydrogens (tertiary/aromatic N) is 1. The van der Waals surface area contributed by atoms with Gasteiger partial charge in [0, 0.05) is 35.0 Å². The molecule has 1 N–H and O–H groups in total. The number of halogens is 1. The van der Waals surface area contributed by atoms with E-state index >= 15 is 0 Å². The van der Waals surface area contributed by atoms with E-state index in [1.54, 1.807) is 24.5 Å². The zero-order valence-electron chi connectivity index (χ0n) is 19.3. The van der Waals surface area contributed by atoms with Gasteiger partial charge < -0.3 is 14.2 Å². The van der Waals surface area contributed by atoms with E-state index in [-0.39, 0.29) is 18.1 Å². The summed E-state index contributed by atoms with van der Waals surface area (Å²) in [6.45, 7) is 6.58. The van der Waals surface area contributed by atoms with Crippen LogP contribution in [0.15, 0.2) is 56.3 Å². The maximum Gasteiger partial charge on any atom is 0.340 e. The van der Waals surface area contributed by atoms with Crippen molar-refractivity contribution < 1.29 is 18.0 Å². The minimum atomic E-state index is -0.513. The monoisotopic (exact) mass is 462 g/mol. The molecular formula is C27H27FN2O4. The van der Waals surface area contributed by atoms with Crippen LogP contribution in [0.25, 0.3) is 33.1 Å². The maximum absolute atomic E-state index is 13.4. The number of amides is 1. The first-order valence-electron chi connectivity index (χ1n) is 11.7. The molecule has 1 fully saturated rings. The average molecular weight is 463 g/mol. The van der Waals surface area contributed by atoms with Gasteiger partial charge in [-0.2, -0.15) is 0 Å². The number of rotatable bonds is 6. The summed E-state index contributed by atoms with van der Waals surface area (Å²) < 4.78 is 24.6. The molecule has 1 saturated heterocycles. The number of fused-ring (bicyclic) bond motifs is 2. The van der Waals surface area contributed by atoms with E-state index in [9.17, 15) is 14.0 Å². The molecule has 1 aliphatic rings. The summed E-state index contributed by atoms with van der Waals surface area (Å²) in [5.41, 5.74) is 3.17. The Morgan fingerprint density at radius 2 is 1.97 bits per heavy atom. The summed E-state index contributed by atoms with van der Waals surface area (Å²) in [6, 6.07) is 10.1. The molecule has 0 radical (unpaired) electrons. The Balaban J connectivity index is 1.45. The number of likely N-dealkylation sites (N-methyl/N-ethyl adjacent to an activating group) is 1. The molecule has 1 amide bonds. The van der Waals surface area contributed by atoms with Gasteiger partial charge in [-0.15, -0.1) is 0 Å². The fourth-order valence-corrected chi connectivity index (χ4v) is 4.96. The highest BCUT2D eigenvalue weighted by atomic mass is 19.1. The van der Waals surface area contributed by atoms with E-state index in [0.717, 1.165) is 47.8 Å². The summed E-state index contributed by atoms with van der Waals surface area (Å²) in [4.78, 5) is 27.8. The second-order valence-electron chi connectivity index (χ2n) is 8.90. The van der Waals surface area contributed by atoms with E-state index in [1.807, 2.05) is 13.0 Å². The zero-order valence-corrected chi connectivity index (χ0v) is 19.3. The highest BCUT2D eigenvalue weighted by Gasteiger charge is 2.24. The summed E-state index contributed by atoms with van der Waals surface area (Å²) in [6.07, 6.45) is 3.80. The molecule has 176 valence electrons. The first-order chi connectivity index (χ1) is 16.4. The second kappa shape index (κ2) is 9.06. The van der Waals surface area contributed by atoms with Gasteiger partial charge in [-0.25, -0.2) is 9.18 Å². The van der Waals surface area contributed by atoms with Crippen LogP contribution < -0.4 is 10.9 Å². The number of hydrogen-bond donors (Lipinski definition) is 1. The van der Waals surface area contributed by atoms with Crippen molar-refractivity contribution in [3.63, 3.8) is 0 Å². The van der Waals surface area contributed by atoms with Crippen LogP contribution in [0.3, 0.4) is 0 Å². The van der Waals surface area contributed by atoms with Crippen molar-refractivity contribution in [2.75, 3.05) is 19.6 Å². The first-order valence-corrected chi connectivity index (χ1v) is 11.7. The molecule has 6 nitrogen and oxygen atoms in total. The Morgan fingerprint density at radius 3 is 2.74 bits per heavy atom. The van der Waals surface area contributed by atoms with Gasteiger partial charge in [-0.05, 0) is 62.2 Å². The molecule has 0 aliphatic carbocycles. The fourth-order valence-electron chi connectivity index (χ4n) is 4.96. The van der Waals surface area contributed by atoms with Gasteiger partial charge in [0.2, 0.25) is 5.91 Å². The minimum Gasteiger partial charge on any atom is -0.464 e. The summed E-state index contributed by atoms with van der Waals surface area (Å²) in [5.74, 6) is -0.494. The van der Waals surface area contributed by atoms with Crippen molar-refractivity contribution >= 4 is 27.8 Å². The maximum atomic E-state index is 13.4. The number of aryl methyl sites for hydroxylation is 1. The van der Waals surface area contributed by atoms with Crippen molar-refractivity contribution in [1.82, 2.24) is 10.2 Å². The molecule has 4 aromatic rings. The summed E-state index contributed by atoms with van der Waals surface area (Å²) in [7, 11) is 0. The smallest absolute Gasteiger partial charge is 0.340 e. The van der Waals surface area contributed by atoms with Gasteiger partial charge in [-0.3, -0.25) is 9.69 Å². The second-order valence-corrected chi connectivity index (χ2v) is 8.90. The van der Waals surface area contributed by atoms with Crippen LogP contribution in [0.2, 0.25) is 0 Å². The largest absolute Gasteiger partial charge is 0.464 e. The van der Waals surface area contributed by atoms with Crippen LogP contribution in [-0.4, -0.2) is 36.5 Å². The van der Waals surface area contributed by atoms with Gasteiger partial charge in [0.05, 0.1) is 18.2 Å². The Labute approximate surface area is 196 Å². The van der Waals surface area contributed by atoms with E-state index in [0.29, 0.717) is 34.9 Å². The van der Waals surface area contributed by atoms with Crippen molar-refractivity contribution in [2.24, 2.45) is 0 Å². The number of furan rings is 1. The lowest BCUT2D eigenvalue weighted by Crippen LogP contribution is -2.40. The van der Waals surface area contributed by atoms with Gasteiger partial charge in [0.1, 0.15) is 17.0 Å². The summed E-state index contributed by atoms with van der Waals surface area (Å²) >= 11 is 0. The normalized spacial score (nSPS) is 16.5. The topological polar surface area (TPSA) is 75.7 Å². The Hall–Kier alpha value is -3.45. The molecule has 0 bridgehead atoms. The molecule has 0 spiro atoms. The molecule has 0 unspecified atom stereocenters. The standard InChI is InChI=1S/C27H27FN2O4/c1-3-30-10-4-5-19(30)14-29-26(31)12-21-16(2)20-11-22-23(17-6-8-18(28)9-7-17)15-33-24(22)13-25(20)34-27(21)32/h6-9,11,13,15,19H,3-5,10,12,14H2,1-2H3,(H,29,31)/t19-/m0/s1. The van der Waals surface area contributed by atoms with E-state index in [1.165, 1.54) is 12.1 Å². The molecule has 1 aliphatic heterocycles. The van der Waals surface area contributed by atoms with Crippen LogP contribution in [0, 0.1) is 12.7 Å². The molecular weight excluding hydrogens is 435 g/mol. The van der Waals surface area contributed by atoms with E-state index < -0.39 is 5.63 Å². The van der Waals surface area contributed by atoms with Gasteiger partial charge >= 0.3 is 5.63 Å². The van der Waals surface area contributed by atoms with Gasteiger partial charge in [0.15, 0.2) is 0 Å². The molecule has 7 heteroatoms. The lowest BCUT2D eigenvalue weighted by atomic mass is 9.99. The molecule has 0 saturated carbocycles. The Bertz CT molecular complexity index is 1420. The lowest BCUT2D eigenvalue weighted by molar-refractivity contribution is -0.120. The highest BCUT2D eigenvalue weighted by molar-refractivity contribution is 6.02. The van der Waals surface area contributed by atoms with Crippen LogP contribution in [0.4, 0.5) is 4.39 Å². The first kappa shape index (κ1) is 22.3. The van der Waals surface area contributed by atoms with Crippen molar-refractivity contribution in [1.29, 1.82) is 0 Å². The SMILES string of the molecule is CCN1CCC[C@H]1CNC(=O)Cc1c(C)c2cc3c(-c4ccc(F)cc4)coc3cc2oc1=O. The van der Waals surface area contributed by atoms with E-state index in [4.69, 9.17) is 8.83 Å². The predicted octanol–water partition coefficient (Wildman–Crippen LogP) is 4.80. The predicted molar refractivity (Wildman–Crippen MR) is 129 cm³/mol. The number of carbonyl (C=O) groups excluding carboxylic acids is 1. The number of hydrogen-bond acceptors (Lipinski definition) is 5. The molecule has 1 atom stereocenters. The van der Waals surface area contributed by atoms with Crippen LogP contribution in [0.1, 0.15) is 30.9 Å². The summed E-state index contributed by atoms with van der Waals surface area (Å²) in [5, 5.41) is 4.56. The quantitative estimate of drug-likeness (QED) is 0.417. The fraction of sp³-hybridized carbons (Fsp3) is 0.333. The third kappa shape index (κ3) is 4.12. The van der Waals surface area contributed by atoms with Crippen LogP contribution >= 0.6 is 0 Å². The van der Waals surface area contributed by atoms with Crippen molar-refractivity contribution in [3.05, 3.63) is 70.0 Å². The molecule has 5 rings (SSSR count). The number of likely N-dealkylation sites (tertiary alicyclic amines) is 1. The van der Waals surface area contributed by atoms with E-state index in [2.05, 4.69) is 17.1 Å². The zero-order chi connectivity index (χ0) is 23.8.